The molecule has 11 aromatic rings. The van der Waals surface area contributed by atoms with Gasteiger partial charge in [-0.2, -0.15) is 0 Å². The Morgan fingerprint density at radius 1 is 0.385 bits per heavy atom. The van der Waals surface area contributed by atoms with Crippen LogP contribution in [0, 0.1) is 0 Å². The molecule has 0 radical (unpaired) electrons. The molecule has 0 N–H and O–H groups in total. The van der Waals surface area contributed by atoms with Gasteiger partial charge in [-0.25, -0.2) is 0 Å². The zero-order chi connectivity index (χ0) is 34.2. The van der Waals surface area contributed by atoms with Gasteiger partial charge in [-0.15, -0.1) is 22.7 Å². The molecule has 0 atom stereocenters. The standard InChI is InChI=1S/C48H29NOS2/c1-2-11-30(12-3-1)31-21-23-33(24-22-31)49(35-25-26-38-37-16-5-8-19-43(37)51-45(38)28-35)34-14-10-13-32(27-34)40-29-41-36-15-4-7-18-42(36)50-47(41)46-39-17-6-9-20-44(39)52-48(40)46/h1-29H. The van der Waals surface area contributed by atoms with Gasteiger partial charge in [0.25, 0.3) is 0 Å². The van der Waals surface area contributed by atoms with Crippen LogP contribution in [0.2, 0.25) is 0 Å². The van der Waals surface area contributed by atoms with E-state index in [-0.39, 0.29) is 0 Å². The molecule has 4 heteroatoms. The fourth-order valence-corrected chi connectivity index (χ4v) is 10.2. The summed E-state index contributed by atoms with van der Waals surface area (Å²) in [5, 5.41) is 7.33. The fraction of sp³-hybridized carbons (Fsp3) is 0. The average Bonchev–Trinajstić information content (AvgIpc) is 3.89. The number of furan rings is 1. The van der Waals surface area contributed by atoms with E-state index < -0.39 is 0 Å². The van der Waals surface area contributed by atoms with Crippen molar-refractivity contribution in [3.63, 3.8) is 0 Å². The Bertz CT molecular complexity index is 3130. The molecular formula is C48H29NOS2. The van der Waals surface area contributed by atoms with E-state index in [9.17, 15) is 0 Å². The average molecular weight is 700 g/mol. The van der Waals surface area contributed by atoms with E-state index in [2.05, 4.69) is 181 Å². The van der Waals surface area contributed by atoms with Gasteiger partial charge in [0, 0.05) is 73.7 Å². The van der Waals surface area contributed by atoms with Gasteiger partial charge in [-0.3, -0.25) is 0 Å². The zero-order valence-electron chi connectivity index (χ0n) is 27.9. The summed E-state index contributed by atoms with van der Waals surface area (Å²) in [5.41, 5.74) is 10.0. The van der Waals surface area contributed by atoms with Crippen molar-refractivity contribution in [2.24, 2.45) is 0 Å². The third-order valence-electron chi connectivity index (χ3n) is 10.3. The van der Waals surface area contributed by atoms with Crippen LogP contribution in [0.4, 0.5) is 17.1 Å². The molecule has 3 heterocycles. The number of hydrogen-bond donors (Lipinski definition) is 0. The van der Waals surface area contributed by atoms with E-state index in [1.54, 1.807) is 0 Å². The van der Waals surface area contributed by atoms with E-state index >= 15 is 0 Å². The first-order chi connectivity index (χ1) is 25.8. The van der Waals surface area contributed by atoms with Crippen molar-refractivity contribution in [2.45, 2.75) is 0 Å². The van der Waals surface area contributed by atoms with Crippen molar-refractivity contribution in [3.05, 3.63) is 176 Å². The molecule has 52 heavy (non-hydrogen) atoms. The van der Waals surface area contributed by atoms with Crippen molar-refractivity contribution in [1.29, 1.82) is 0 Å². The molecule has 0 aliphatic heterocycles. The summed E-state index contributed by atoms with van der Waals surface area (Å²) in [5.74, 6) is 0. The Morgan fingerprint density at radius 2 is 1.02 bits per heavy atom. The van der Waals surface area contributed by atoms with Crippen molar-refractivity contribution < 1.29 is 4.42 Å². The molecule has 0 unspecified atom stereocenters. The number of nitrogens with zero attached hydrogens (tertiary/aromatic N) is 1. The van der Waals surface area contributed by atoms with Crippen LogP contribution in [0.1, 0.15) is 0 Å². The molecule has 0 fully saturated rings. The van der Waals surface area contributed by atoms with E-state index in [1.807, 2.05) is 22.7 Å². The normalized spacial score (nSPS) is 11.8. The molecular weight excluding hydrogens is 671 g/mol. The third kappa shape index (κ3) is 4.62. The molecule has 0 saturated heterocycles. The maximum absolute atomic E-state index is 6.60. The van der Waals surface area contributed by atoms with Crippen LogP contribution in [-0.2, 0) is 0 Å². The summed E-state index contributed by atoms with van der Waals surface area (Å²) in [7, 11) is 0. The highest BCUT2D eigenvalue weighted by atomic mass is 32.1. The molecule has 0 spiro atoms. The van der Waals surface area contributed by atoms with Gasteiger partial charge in [0.15, 0.2) is 0 Å². The highest BCUT2D eigenvalue weighted by Gasteiger charge is 2.21. The first kappa shape index (κ1) is 29.5. The van der Waals surface area contributed by atoms with Crippen molar-refractivity contribution in [1.82, 2.24) is 0 Å². The Morgan fingerprint density at radius 3 is 1.87 bits per heavy atom. The van der Waals surface area contributed by atoms with Crippen molar-refractivity contribution >= 4 is 102 Å². The molecule has 0 bridgehead atoms. The molecule has 11 rings (SSSR count). The lowest BCUT2D eigenvalue weighted by molar-refractivity contribution is 0.673. The van der Waals surface area contributed by atoms with E-state index in [0.29, 0.717) is 0 Å². The number of fused-ring (bicyclic) bond motifs is 10. The molecule has 2 nitrogen and oxygen atoms in total. The quantitative estimate of drug-likeness (QED) is 0.178. The van der Waals surface area contributed by atoms with Crippen molar-refractivity contribution in [2.75, 3.05) is 4.90 Å². The smallest absolute Gasteiger partial charge is 0.144 e. The van der Waals surface area contributed by atoms with Crippen LogP contribution in [-0.4, -0.2) is 0 Å². The van der Waals surface area contributed by atoms with Gasteiger partial charge >= 0.3 is 0 Å². The highest BCUT2D eigenvalue weighted by molar-refractivity contribution is 7.26. The monoisotopic (exact) mass is 699 g/mol. The van der Waals surface area contributed by atoms with E-state index in [0.717, 1.165) is 39.0 Å². The molecule has 0 aliphatic carbocycles. The number of thiophene rings is 2. The predicted molar refractivity (Wildman–Crippen MR) is 225 cm³/mol. The first-order valence-corrected chi connectivity index (χ1v) is 19.1. The minimum Gasteiger partial charge on any atom is -0.455 e. The number of rotatable bonds is 5. The van der Waals surface area contributed by atoms with Gasteiger partial charge < -0.3 is 9.32 Å². The Labute approximate surface area is 308 Å². The Balaban J connectivity index is 1.13. The van der Waals surface area contributed by atoms with Gasteiger partial charge in [0.05, 0.1) is 0 Å². The van der Waals surface area contributed by atoms with E-state index in [1.165, 1.54) is 62.6 Å². The lowest BCUT2D eigenvalue weighted by Gasteiger charge is -2.26. The molecule has 244 valence electrons. The topological polar surface area (TPSA) is 16.4 Å². The molecule has 8 aromatic carbocycles. The van der Waals surface area contributed by atoms with E-state index in [4.69, 9.17) is 4.42 Å². The SMILES string of the molecule is c1ccc(-c2ccc(N(c3cccc(-c4cc5c6ccccc6oc5c5c4sc4ccccc45)c3)c3ccc4c(c3)sc3ccccc34)cc2)cc1. The van der Waals surface area contributed by atoms with Crippen LogP contribution in [0.3, 0.4) is 0 Å². The maximum atomic E-state index is 6.60. The van der Waals surface area contributed by atoms with Gasteiger partial charge in [0.1, 0.15) is 11.2 Å². The second kappa shape index (κ2) is 11.7. The summed E-state index contributed by atoms with van der Waals surface area (Å²) in [6, 6.07) is 63.7. The second-order valence-corrected chi connectivity index (χ2v) is 15.4. The highest BCUT2D eigenvalue weighted by Crippen LogP contribution is 2.48. The van der Waals surface area contributed by atoms with Crippen LogP contribution in [0.15, 0.2) is 180 Å². The molecule has 0 aliphatic rings. The van der Waals surface area contributed by atoms with Crippen molar-refractivity contribution in [3.8, 4) is 22.3 Å². The maximum Gasteiger partial charge on any atom is 0.144 e. The summed E-state index contributed by atoms with van der Waals surface area (Å²) in [6.45, 7) is 0. The van der Waals surface area contributed by atoms with Gasteiger partial charge in [-0.05, 0) is 77.4 Å². The third-order valence-corrected chi connectivity index (χ3v) is 12.6. The van der Waals surface area contributed by atoms with Crippen LogP contribution in [0.5, 0.6) is 0 Å². The lowest BCUT2D eigenvalue weighted by Crippen LogP contribution is -2.10. The number of anilines is 3. The number of hydrogen-bond acceptors (Lipinski definition) is 4. The Kier molecular flexibility index (Phi) is 6.63. The fourth-order valence-electron chi connectivity index (χ4n) is 7.83. The minimum atomic E-state index is 0.918. The molecule has 3 aromatic heterocycles. The summed E-state index contributed by atoms with van der Waals surface area (Å²) >= 11 is 3.70. The van der Waals surface area contributed by atoms with Crippen LogP contribution in [0.25, 0.3) is 84.5 Å². The van der Waals surface area contributed by atoms with Crippen LogP contribution < -0.4 is 4.90 Å². The summed E-state index contributed by atoms with van der Waals surface area (Å²) in [6.07, 6.45) is 0. The zero-order valence-corrected chi connectivity index (χ0v) is 29.5. The largest absolute Gasteiger partial charge is 0.455 e. The first-order valence-electron chi connectivity index (χ1n) is 17.5. The number of benzene rings is 8. The summed E-state index contributed by atoms with van der Waals surface area (Å²) in [4.78, 5) is 2.40. The summed E-state index contributed by atoms with van der Waals surface area (Å²) < 4.78 is 11.7. The predicted octanol–water partition coefficient (Wildman–Crippen LogP) is 15.1. The lowest BCUT2D eigenvalue weighted by atomic mass is 9.98. The molecule has 0 saturated carbocycles. The number of para-hydroxylation sites is 1. The molecule has 0 amide bonds. The minimum absolute atomic E-state index is 0.918. The van der Waals surface area contributed by atoms with Gasteiger partial charge in [0.2, 0.25) is 0 Å². The second-order valence-electron chi connectivity index (χ2n) is 13.3. The Hall–Kier alpha value is -6.20. The van der Waals surface area contributed by atoms with Gasteiger partial charge in [-0.1, -0.05) is 115 Å². The van der Waals surface area contributed by atoms with Crippen LogP contribution >= 0.6 is 22.7 Å².